The fourth-order valence-electron chi connectivity index (χ4n) is 5.22. The van der Waals surface area contributed by atoms with Crippen molar-refractivity contribution in [1.82, 2.24) is 0 Å². The first-order chi connectivity index (χ1) is 19.2. The Balaban J connectivity index is 1.37. The number of carbonyl (C=O) groups excluding carboxylic acids is 2. The van der Waals surface area contributed by atoms with Gasteiger partial charge in [0.25, 0.3) is 5.91 Å². The van der Waals surface area contributed by atoms with Gasteiger partial charge in [-0.25, -0.2) is 9.96 Å². The minimum atomic E-state index is -0.938. The monoisotopic (exact) mass is 520 g/mol. The van der Waals surface area contributed by atoms with E-state index in [0.717, 1.165) is 16.8 Å². The molecule has 0 radical (unpaired) electrons. The number of anilines is 2. The van der Waals surface area contributed by atoms with Gasteiger partial charge in [-0.2, -0.15) is 0 Å². The summed E-state index contributed by atoms with van der Waals surface area (Å²) in [6, 6.07) is 33.5. The second kappa shape index (κ2) is 10.6. The molecule has 7 heteroatoms. The normalized spacial score (nSPS) is 20.3. The molecule has 0 aliphatic carbocycles. The molecule has 2 fully saturated rings. The van der Waals surface area contributed by atoms with Gasteiger partial charge in [-0.1, -0.05) is 72.8 Å². The topological polar surface area (TPSA) is 68.3 Å². The van der Waals surface area contributed by atoms with Crippen molar-refractivity contribution in [1.29, 1.82) is 0 Å². The van der Waals surface area contributed by atoms with E-state index < -0.39 is 18.1 Å². The highest BCUT2D eigenvalue weighted by Gasteiger charge is 2.60. The molecule has 7 nitrogen and oxygen atoms in total. The van der Waals surface area contributed by atoms with E-state index in [4.69, 9.17) is 14.3 Å². The van der Waals surface area contributed by atoms with Gasteiger partial charge in [-0.3, -0.25) is 14.4 Å². The van der Waals surface area contributed by atoms with E-state index in [1.165, 1.54) is 4.90 Å². The summed E-state index contributed by atoms with van der Waals surface area (Å²) in [5.41, 5.74) is 3.13. The number of nitrogens with zero attached hydrogens (tertiary/aromatic N) is 2. The van der Waals surface area contributed by atoms with Crippen LogP contribution in [-0.4, -0.2) is 24.5 Å². The molecule has 196 valence electrons. The highest BCUT2D eigenvalue weighted by atomic mass is 16.7. The zero-order chi connectivity index (χ0) is 26.8. The van der Waals surface area contributed by atoms with Gasteiger partial charge in [0.05, 0.1) is 24.0 Å². The minimum Gasteiger partial charge on any atom is -0.490 e. The quantitative estimate of drug-likeness (QED) is 0.277. The Bertz CT molecular complexity index is 1460. The first kappa shape index (κ1) is 24.7. The molecule has 39 heavy (non-hydrogen) atoms. The summed E-state index contributed by atoms with van der Waals surface area (Å²) in [6.07, 6.45) is -0.938. The third kappa shape index (κ3) is 4.62. The Labute approximate surface area is 227 Å². The van der Waals surface area contributed by atoms with Crippen molar-refractivity contribution in [3.63, 3.8) is 0 Å². The van der Waals surface area contributed by atoms with Gasteiger partial charge in [0, 0.05) is 0 Å². The maximum absolute atomic E-state index is 13.8. The van der Waals surface area contributed by atoms with Gasteiger partial charge in [0.15, 0.2) is 17.6 Å². The van der Waals surface area contributed by atoms with E-state index in [1.54, 1.807) is 29.3 Å². The van der Waals surface area contributed by atoms with Crippen molar-refractivity contribution in [2.45, 2.75) is 25.7 Å². The summed E-state index contributed by atoms with van der Waals surface area (Å²) < 4.78 is 12.1. The first-order valence-corrected chi connectivity index (χ1v) is 13.0. The lowest BCUT2D eigenvalue weighted by Gasteiger charge is -2.29. The smallest absolute Gasteiger partial charge is 0.266 e. The molecular weight excluding hydrogens is 492 g/mol. The Morgan fingerprint density at radius 3 is 2.03 bits per heavy atom. The SMILES string of the molecule is CCOc1cc(C2C3C(=O)N(c4ccccc4)C(=O)C3ON2c2ccccc2)ccc1OCc1ccccc1. The minimum absolute atomic E-state index is 0.290. The summed E-state index contributed by atoms with van der Waals surface area (Å²) >= 11 is 0. The second-order valence-corrected chi connectivity index (χ2v) is 9.42. The molecule has 2 aliphatic heterocycles. The number of fused-ring (bicyclic) bond motifs is 1. The maximum Gasteiger partial charge on any atom is 0.266 e. The van der Waals surface area contributed by atoms with Gasteiger partial charge in [-0.15, -0.1) is 0 Å². The Morgan fingerprint density at radius 1 is 0.718 bits per heavy atom. The van der Waals surface area contributed by atoms with Gasteiger partial charge in [0.2, 0.25) is 5.91 Å². The van der Waals surface area contributed by atoms with Crippen LogP contribution in [0.5, 0.6) is 11.5 Å². The lowest BCUT2D eigenvalue weighted by molar-refractivity contribution is -0.126. The average molecular weight is 521 g/mol. The van der Waals surface area contributed by atoms with Crippen molar-refractivity contribution in [3.05, 3.63) is 120 Å². The van der Waals surface area contributed by atoms with Crippen molar-refractivity contribution in [2.24, 2.45) is 5.92 Å². The van der Waals surface area contributed by atoms with Crippen molar-refractivity contribution >= 4 is 23.2 Å². The highest BCUT2D eigenvalue weighted by molar-refractivity contribution is 6.23. The summed E-state index contributed by atoms with van der Waals surface area (Å²) in [5.74, 6) is -0.219. The van der Waals surface area contributed by atoms with E-state index in [0.29, 0.717) is 30.4 Å². The van der Waals surface area contributed by atoms with Gasteiger partial charge < -0.3 is 9.47 Å². The largest absolute Gasteiger partial charge is 0.490 e. The standard InChI is InChI=1S/C32H28N2O5/c1-2-37-27-20-23(18-19-26(27)38-21-22-12-6-3-7-13-22)29-28-30(39-34(29)25-16-10-5-11-17-25)32(36)33(31(28)35)24-14-8-4-9-15-24/h3-20,28-30H,2,21H2,1H3. The molecule has 2 amide bonds. The van der Waals surface area contributed by atoms with Crippen LogP contribution < -0.4 is 19.4 Å². The highest BCUT2D eigenvalue weighted by Crippen LogP contribution is 2.48. The fourth-order valence-corrected chi connectivity index (χ4v) is 5.22. The second-order valence-electron chi connectivity index (χ2n) is 9.42. The number of imide groups is 1. The van der Waals surface area contributed by atoms with Crippen LogP contribution >= 0.6 is 0 Å². The van der Waals surface area contributed by atoms with Crippen LogP contribution in [0.1, 0.15) is 24.1 Å². The predicted molar refractivity (Wildman–Crippen MR) is 147 cm³/mol. The molecule has 0 spiro atoms. The van der Waals surface area contributed by atoms with E-state index in [2.05, 4.69) is 0 Å². The third-order valence-corrected chi connectivity index (χ3v) is 6.99. The predicted octanol–water partition coefficient (Wildman–Crippen LogP) is 5.72. The van der Waals surface area contributed by atoms with Crippen LogP contribution in [0.15, 0.2) is 109 Å². The van der Waals surface area contributed by atoms with Crippen LogP contribution in [0, 0.1) is 5.92 Å². The number of hydrogen-bond donors (Lipinski definition) is 0. The molecule has 3 atom stereocenters. The lowest BCUT2D eigenvalue weighted by atomic mass is 9.90. The summed E-state index contributed by atoms with van der Waals surface area (Å²) in [5, 5.41) is 1.68. The number of benzene rings is 4. The third-order valence-electron chi connectivity index (χ3n) is 6.99. The number of ether oxygens (including phenoxy) is 2. The molecule has 3 unspecified atom stereocenters. The van der Waals surface area contributed by atoms with Crippen molar-refractivity contribution in [3.8, 4) is 11.5 Å². The number of para-hydroxylation sites is 2. The molecule has 0 bridgehead atoms. The molecule has 0 aromatic heterocycles. The molecular formula is C32H28N2O5. The summed E-state index contributed by atoms with van der Waals surface area (Å²) in [4.78, 5) is 34.8. The van der Waals surface area contributed by atoms with Crippen molar-refractivity contribution in [2.75, 3.05) is 16.6 Å². The first-order valence-electron chi connectivity index (χ1n) is 13.0. The lowest BCUT2D eigenvalue weighted by Crippen LogP contribution is -2.37. The van der Waals surface area contributed by atoms with Crippen molar-refractivity contribution < 1.29 is 23.9 Å². The number of carbonyl (C=O) groups is 2. The van der Waals surface area contributed by atoms with Crippen LogP contribution in [0.3, 0.4) is 0 Å². The zero-order valence-electron chi connectivity index (χ0n) is 21.5. The number of amides is 2. The number of hydrogen-bond acceptors (Lipinski definition) is 6. The van der Waals surface area contributed by atoms with Gasteiger partial charge >= 0.3 is 0 Å². The van der Waals surface area contributed by atoms with E-state index >= 15 is 0 Å². The van der Waals surface area contributed by atoms with Crippen LogP contribution in [0.25, 0.3) is 0 Å². The van der Waals surface area contributed by atoms with Crippen LogP contribution in [-0.2, 0) is 21.0 Å². The van der Waals surface area contributed by atoms with E-state index in [-0.39, 0.29) is 11.8 Å². The Hall–Kier alpha value is -4.62. The molecule has 2 heterocycles. The van der Waals surface area contributed by atoms with E-state index in [9.17, 15) is 9.59 Å². The average Bonchev–Trinajstić information content (AvgIpc) is 3.49. The molecule has 0 N–H and O–H groups in total. The van der Waals surface area contributed by atoms with Gasteiger partial charge in [0.1, 0.15) is 12.5 Å². The van der Waals surface area contributed by atoms with E-state index in [1.807, 2.05) is 91.9 Å². The van der Waals surface area contributed by atoms with Crippen LogP contribution in [0.2, 0.25) is 0 Å². The fraction of sp³-hybridized carbons (Fsp3) is 0.188. The van der Waals surface area contributed by atoms with Crippen LogP contribution in [0.4, 0.5) is 11.4 Å². The molecule has 0 saturated carbocycles. The number of hydroxylamine groups is 1. The molecule has 4 aromatic rings. The molecule has 2 aliphatic rings. The molecule has 2 saturated heterocycles. The summed E-state index contributed by atoms with van der Waals surface area (Å²) in [6.45, 7) is 2.75. The summed E-state index contributed by atoms with van der Waals surface area (Å²) in [7, 11) is 0. The Morgan fingerprint density at radius 2 is 1.36 bits per heavy atom. The maximum atomic E-state index is 13.8. The van der Waals surface area contributed by atoms with Gasteiger partial charge in [-0.05, 0) is 54.4 Å². The zero-order valence-corrected chi connectivity index (χ0v) is 21.5. The molecule has 4 aromatic carbocycles. The number of rotatable bonds is 8. The molecule has 6 rings (SSSR count). The Kier molecular flexibility index (Phi) is 6.73.